The number of rotatable bonds is 4. The summed E-state index contributed by atoms with van der Waals surface area (Å²) in [6.45, 7) is 3.03. The molecule has 0 saturated carbocycles. The van der Waals surface area contributed by atoms with Crippen LogP contribution in [0, 0.1) is 6.92 Å². The van der Waals surface area contributed by atoms with Gasteiger partial charge in [0.15, 0.2) is 5.82 Å². The smallest absolute Gasteiger partial charge is 0.223 e. The van der Waals surface area contributed by atoms with Crippen LogP contribution in [0.15, 0.2) is 4.52 Å². The van der Waals surface area contributed by atoms with Crippen LogP contribution in [-0.2, 0) is 11.3 Å². The molecule has 1 aliphatic rings. The van der Waals surface area contributed by atoms with E-state index in [1.807, 2.05) is 11.8 Å². The fourth-order valence-corrected chi connectivity index (χ4v) is 2.59. The van der Waals surface area contributed by atoms with Crippen molar-refractivity contribution < 1.29 is 9.32 Å². The maximum absolute atomic E-state index is 11.6. The third kappa shape index (κ3) is 4.83. The summed E-state index contributed by atoms with van der Waals surface area (Å²) >= 11 is 1.88. The minimum absolute atomic E-state index is 0. The van der Waals surface area contributed by atoms with Gasteiger partial charge in [0.1, 0.15) is 0 Å². The lowest BCUT2D eigenvalue weighted by molar-refractivity contribution is -0.121. The number of aromatic nitrogens is 2. The Hall–Kier alpha value is -0.790. The van der Waals surface area contributed by atoms with E-state index in [1.54, 1.807) is 6.92 Å². The lowest BCUT2D eigenvalue weighted by atomic mass is 10.2. The zero-order valence-electron chi connectivity index (χ0n) is 10.1. The standard InChI is InChI=1S/C10H16N4O2S.ClH/c1-7-13-9(14-16-7)5-12-10(15)4-8-6-17-3-2-11-8;/h8,11H,2-6H2,1H3,(H,12,15);1H. The molecule has 0 radical (unpaired) electrons. The van der Waals surface area contributed by atoms with E-state index in [2.05, 4.69) is 20.8 Å². The number of amides is 1. The van der Waals surface area contributed by atoms with Crippen LogP contribution in [0.1, 0.15) is 18.1 Å². The van der Waals surface area contributed by atoms with E-state index in [9.17, 15) is 4.79 Å². The molecule has 6 nitrogen and oxygen atoms in total. The zero-order chi connectivity index (χ0) is 12.1. The van der Waals surface area contributed by atoms with Gasteiger partial charge in [0.05, 0.1) is 6.54 Å². The number of carbonyl (C=O) groups excluding carboxylic acids is 1. The molecular weight excluding hydrogens is 276 g/mol. The van der Waals surface area contributed by atoms with E-state index in [4.69, 9.17) is 4.52 Å². The number of nitrogens with one attached hydrogen (secondary N) is 2. The van der Waals surface area contributed by atoms with Gasteiger partial charge >= 0.3 is 0 Å². The molecule has 1 aromatic rings. The van der Waals surface area contributed by atoms with Crippen molar-refractivity contribution in [2.24, 2.45) is 0 Å². The predicted octanol–water partition coefficient (Wildman–Crippen LogP) is 0.511. The summed E-state index contributed by atoms with van der Waals surface area (Å²) in [6.07, 6.45) is 0.504. The van der Waals surface area contributed by atoms with Crippen molar-refractivity contribution in [3.05, 3.63) is 11.7 Å². The van der Waals surface area contributed by atoms with Crippen LogP contribution in [0.5, 0.6) is 0 Å². The van der Waals surface area contributed by atoms with Crippen molar-refractivity contribution in [3.63, 3.8) is 0 Å². The SMILES string of the molecule is Cc1nc(CNC(=O)CC2CSCCN2)no1.Cl. The van der Waals surface area contributed by atoms with E-state index in [-0.39, 0.29) is 24.4 Å². The second-order valence-corrected chi connectivity index (χ2v) is 5.09. The number of carbonyl (C=O) groups is 1. The average Bonchev–Trinajstić information content (AvgIpc) is 2.74. The lowest BCUT2D eigenvalue weighted by Crippen LogP contribution is -2.41. The highest BCUT2D eigenvalue weighted by atomic mass is 35.5. The van der Waals surface area contributed by atoms with Crippen LogP contribution in [-0.4, -0.2) is 40.1 Å². The van der Waals surface area contributed by atoms with Gasteiger partial charge in [-0.15, -0.1) is 12.4 Å². The van der Waals surface area contributed by atoms with E-state index in [0.29, 0.717) is 24.7 Å². The number of nitrogens with zero attached hydrogens (tertiary/aromatic N) is 2. The monoisotopic (exact) mass is 292 g/mol. The number of aryl methyl sites for hydroxylation is 1. The molecule has 1 aromatic heterocycles. The molecule has 18 heavy (non-hydrogen) atoms. The predicted molar refractivity (Wildman–Crippen MR) is 71.9 cm³/mol. The summed E-state index contributed by atoms with van der Waals surface area (Å²) in [6, 6.07) is 0.278. The zero-order valence-corrected chi connectivity index (χ0v) is 11.8. The van der Waals surface area contributed by atoms with Gasteiger partial charge in [-0.05, 0) is 0 Å². The Morgan fingerprint density at radius 2 is 2.50 bits per heavy atom. The molecule has 1 amide bonds. The molecule has 0 aliphatic carbocycles. The molecule has 2 rings (SSSR count). The molecule has 1 aliphatic heterocycles. The average molecular weight is 293 g/mol. The van der Waals surface area contributed by atoms with Crippen LogP contribution < -0.4 is 10.6 Å². The molecule has 2 N–H and O–H groups in total. The Bertz CT molecular complexity index is 382. The molecule has 102 valence electrons. The summed E-state index contributed by atoms with van der Waals surface area (Å²) in [4.78, 5) is 15.7. The normalized spacial score (nSPS) is 19.1. The molecule has 2 heterocycles. The van der Waals surface area contributed by atoms with Crippen molar-refractivity contribution in [3.8, 4) is 0 Å². The first-order valence-electron chi connectivity index (χ1n) is 5.61. The van der Waals surface area contributed by atoms with Gasteiger partial charge in [-0.1, -0.05) is 5.16 Å². The van der Waals surface area contributed by atoms with Gasteiger partial charge in [-0.2, -0.15) is 16.7 Å². The quantitative estimate of drug-likeness (QED) is 0.842. The van der Waals surface area contributed by atoms with Crippen LogP contribution >= 0.6 is 24.2 Å². The molecule has 1 saturated heterocycles. The van der Waals surface area contributed by atoms with Crippen LogP contribution in [0.3, 0.4) is 0 Å². The summed E-state index contributed by atoms with van der Waals surface area (Å²) in [5.74, 6) is 3.17. The Labute approximate surface area is 116 Å². The number of hydrogen-bond acceptors (Lipinski definition) is 6. The first kappa shape index (κ1) is 15.3. The van der Waals surface area contributed by atoms with Gasteiger partial charge < -0.3 is 15.2 Å². The van der Waals surface area contributed by atoms with Gasteiger partial charge in [-0.25, -0.2) is 0 Å². The van der Waals surface area contributed by atoms with E-state index >= 15 is 0 Å². The molecular formula is C10H17ClN4O2S. The Morgan fingerprint density at radius 1 is 1.67 bits per heavy atom. The first-order chi connectivity index (χ1) is 8.24. The van der Waals surface area contributed by atoms with Gasteiger partial charge in [0, 0.05) is 37.4 Å². The van der Waals surface area contributed by atoms with E-state index in [1.165, 1.54) is 0 Å². The molecule has 0 spiro atoms. The second-order valence-electron chi connectivity index (χ2n) is 3.94. The van der Waals surface area contributed by atoms with Crippen molar-refractivity contribution in [2.45, 2.75) is 25.9 Å². The topological polar surface area (TPSA) is 80.0 Å². The maximum Gasteiger partial charge on any atom is 0.223 e. The summed E-state index contributed by atoms with van der Waals surface area (Å²) in [7, 11) is 0. The minimum Gasteiger partial charge on any atom is -0.349 e. The Kier molecular flexibility index (Phi) is 6.45. The molecule has 0 aromatic carbocycles. The molecule has 8 heteroatoms. The highest BCUT2D eigenvalue weighted by Gasteiger charge is 2.16. The summed E-state index contributed by atoms with van der Waals surface area (Å²) in [5.41, 5.74) is 0. The molecule has 1 unspecified atom stereocenters. The number of thioether (sulfide) groups is 1. The summed E-state index contributed by atoms with van der Waals surface area (Å²) in [5, 5.41) is 9.82. The first-order valence-corrected chi connectivity index (χ1v) is 6.76. The molecule has 1 atom stereocenters. The van der Waals surface area contributed by atoms with Crippen molar-refractivity contribution in [1.29, 1.82) is 0 Å². The third-order valence-corrected chi connectivity index (χ3v) is 3.57. The second kappa shape index (κ2) is 7.60. The molecule has 0 bridgehead atoms. The Balaban J connectivity index is 0.00000162. The fraction of sp³-hybridized carbons (Fsp3) is 0.700. The van der Waals surface area contributed by atoms with Crippen LogP contribution in [0.4, 0.5) is 0 Å². The number of hydrogen-bond donors (Lipinski definition) is 2. The maximum atomic E-state index is 11.6. The van der Waals surface area contributed by atoms with Crippen molar-refractivity contribution in [2.75, 3.05) is 18.1 Å². The lowest BCUT2D eigenvalue weighted by Gasteiger charge is -2.22. The van der Waals surface area contributed by atoms with E-state index < -0.39 is 0 Å². The van der Waals surface area contributed by atoms with E-state index in [0.717, 1.165) is 18.1 Å². The molecule has 1 fully saturated rings. The fourth-order valence-electron chi connectivity index (χ4n) is 1.64. The third-order valence-electron chi connectivity index (χ3n) is 2.44. The number of halogens is 1. The minimum atomic E-state index is 0. The van der Waals surface area contributed by atoms with Gasteiger partial charge in [0.2, 0.25) is 11.8 Å². The summed E-state index contributed by atoms with van der Waals surface area (Å²) < 4.78 is 4.82. The van der Waals surface area contributed by atoms with Crippen molar-refractivity contribution in [1.82, 2.24) is 20.8 Å². The van der Waals surface area contributed by atoms with Crippen LogP contribution in [0.25, 0.3) is 0 Å². The largest absolute Gasteiger partial charge is 0.349 e. The van der Waals surface area contributed by atoms with Gasteiger partial charge in [-0.3, -0.25) is 4.79 Å². The highest BCUT2D eigenvalue weighted by Crippen LogP contribution is 2.09. The Morgan fingerprint density at radius 3 is 3.11 bits per heavy atom. The van der Waals surface area contributed by atoms with Gasteiger partial charge in [0.25, 0.3) is 0 Å². The van der Waals surface area contributed by atoms with Crippen molar-refractivity contribution >= 4 is 30.1 Å². The highest BCUT2D eigenvalue weighted by molar-refractivity contribution is 7.99. The van der Waals surface area contributed by atoms with Crippen LogP contribution in [0.2, 0.25) is 0 Å².